The van der Waals surface area contributed by atoms with Crippen LogP contribution in [0.3, 0.4) is 0 Å². The SMILES string of the molecule is Nc1cc(CC(F)(F)F)cc(O)c1Cl. The summed E-state index contributed by atoms with van der Waals surface area (Å²) in [6, 6.07) is 2.04. The van der Waals surface area contributed by atoms with Crippen LogP contribution in [-0.4, -0.2) is 11.3 Å². The summed E-state index contributed by atoms with van der Waals surface area (Å²) in [5, 5.41) is 8.97. The number of rotatable bonds is 1. The van der Waals surface area contributed by atoms with Crippen molar-refractivity contribution in [1.82, 2.24) is 0 Å². The average Bonchev–Trinajstić information content (AvgIpc) is 1.96. The van der Waals surface area contributed by atoms with Crippen LogP contribution in [0.2, 0.25) is 5.02 Å². The van der Waals surface area contributed by atoms with E-state index < -0.39 is 18.3 Å². The molecule has 0 aliphatic heterocycles. The Bertz CT molecular complexity index is 328. The summed E-state index contributed by atoms with van der Waals surface area (Å²) in [6.07, 6.45) is -5.46. The largest absolute Gasteiger partial charge is 0.506 e. The number of nitrogens with two attached hydrogens (primary N) is 1. The van der Waals surface area contributed by atoms with Crippen LogP contribution in [0.5, 0.6) is 5.75 Å². The van der Waals surface area contributed by atoms with Crippen LogP contribution in [0, 0.1) is 0 Å². The van der Waals surface area contributed by atoms with Crippen molar-refractivity contribution in [2.24, 2.45) is 0 Å². The highest BCUT2D eigenvalue weighted by Crippen LogP contribution is 2.32. The topological polar surface area (TPSA) is 46.2 Å². The Labute approximate surface area is 83.1 Å². The molecule has 3 N–H and O–H groups in total. The van der Waals surface area contributed by atoms with Gasteiger partial charge >= 0.3 is 6.18 Å². The quantitative estimate of drug-likeness (QED) is 0.722. The molecule has 78 valence electrons. The zero-order valence-corrected chi connectivity index (χ0v) is 7.65. The molecule has 14 heavy (non-hydrogen) atoms. The van der Waals surface area contributed by atoms with E-state index in [-0.39, 0.29) is 16.3 Å². The molecule has 6 heteroatoms. The van der Waals surface area contributed by atoms with Gasteiger partial charge in [-0.15, -0.1) is 0 Å². The molecule has 0 aromatic heterocycles. The molecule has 0 fully saturated rings. The monoisotopic (exact) mass is 225 g/mol. The molecule has 1 aromatic rings. The Morgan fingerprint density at radius 1 is 1.36 bits per heavy atom. The molecule has 0 bridgehead atoms. The number of phenols is 1. The van der Waals surface area contributed by atoms with Gasteiger partial charge in [0.15, 0.2) is 0 Å². The lowest BCUT2D eigenvalue weighted by molar-refractivity contribution is -0.127. The number of halogens is 4. The van der Waals surface area contributed by atoms with Gasteiger partial charge in [-0.2, -0.15) is 13.2 Å². The molecule has 0 amide bonds. The molecule has 2 nitrogen and oxygen atoms in total. The third kappa shape index (κ3) is 2.70. The van der Waals surface area contributed by atoms with Crippen LogP contribution in [-0.2, 0) is 6.42 Å². The van der Waals surface area contributed by atoms with E-state index in [1.165, 1.54) is 0 Å². The summed E-state index contributed by atoms with van der Waals surface area (Å²) in [4.78, 5) is 0. The highest BCUT2D eigenvalue weighted by Gasteiger charge is 2.28. The summed E-state index contributed by atoms with van der Waals surface area (Å²) in [6.45, 7) is 0. The normalized spacial score (nSPS) is 11.7. The zero-order chi connectivity index (χ0) is 10.9. The molecular formula is C8H7ClF3NO. The molecule has 0 saturated heterocycles. The molecule has 0 unspecified atom stereocenters. The van der Waals surface area contributed by atoms with Crippen molar-refractivity contribution in [3.8, 4) is 5.75 Å². The fraction of sp³-hybridized carbons (Fsp3) is 0.250. The number of hydrogen-bond acceptors (Lipinski definition) is 2. The van der Waals surface area contributed by atoms with E-state index in [1.54, 1.807) is 0 Å². The maximum atomic E-state index is 11.9. The van der Waals surface area contributed by atoms with Crippen molar-refractivity contribution in [2.45, 2.75) is 12.6 Å². The third-order valence-electron chi connectivity index (χ3n) is 1.55. The first-order valence-electron chi connectivity index (χ1n) is 3.63. The van der Waals surface area contributed by atoms with E-state index >= 15 is 0 Å². The Hall–Kier alpha value is -1.10. The minimum absolute atomic E-state index is 0.0640. The number of nitrogen functional groups attached to an aromatic ring is 1. The molecule has 0 saturated carbocycles. The van der Waals surface area contributed by atoms with Gasteiger partial charge in [-0.3, -0.25) is 0 Å². The predicted molar refractivity (Wildman–Crippen MR) is 47.3 cm³/mol. The predicted octanol–water partition coefficient (Wildman–Crippen LogP) is 2.73. The van der Waals surface area contributed by atoms with Gasteiger partial charge in [0.05, 0.1) is 12.1 Å². The molecule has 1 rings (SSSR count). The lowest BCUT2D eigenvalue weighted by Crippen LogP contribution is -2.11. The van der Waals surface area contributed by atoms with Gasteiger partial charge in [0.1, 0.15) is 10.8 Å². The van der Waals surface area contributed by atoms with E-state index in [2.05, 4.69) is 0 Å². The number of phenolic OH excluding ortho intramolecular Hbond substituents is 1. The van der Waals surface area contributed by atoms with Gasteiger partial charge in [-0.25, -0.2) is 0 Å². The van der Waals surface area contributed by atoms with Crippen LogP contribution in [0.1, 0.15) is 5.56 Å². The first-order chi connectivity index (χ1) is 6.29. The lowest BCUT2D eigenvalue weighted by atomic mass is 10.1. The average molecular weight is 226 g/mol. The maximum absolute atomic E-state index is 11.9. The standard InChI is InChI=1S/C8H7ClF3NO/c9-7-5(13)1-4(2-6(7)14)3-8(10,11)12/h1-2,14H,3,13H2. The first kappa shape index (κ1) is 11.0. The summed E-state index contributed by atoms with van der Waals surface area (Å²) in [7, 11) is 0. The Balaban J connectivity index is 3.02. The highest BCUT2D eigenvalue weighted by atomic mass is 35.5. The fourth-order valence-electron chi connectivity index (χ4n) is 1.03. The Morgan fingerprint density at radius 3 is 2.36 bits per heavy atom. The van der Waals surface area contributed by atoms with Crippen molar-refractivity contribution in [3.05, 3.63) is 22.7 Å². The third-order valence-corrected chi connectivity index (χ3v) is 1.96. The Kier molecular flexibility index (Phi) is 2.80. The minimum Gasteiger partial charge on any atom is -0.506 e. The number of aromatic hydroxyl groups is 1. The molecule has 0 aliphatic carbocycles. The number of anilines is 1. The maximum Gasteiger partial charge on any atom is 0.393 e. The van der Waals surface area contributed by atoms with E-state index in [9.17, 15) is 13.2 Å². The van der Waals surface area contributed by atoms with E-state index in [0.29, 0.717) is 0 Å². The molecular weight excluding hydrogens is 219 g/mol. The fourth-order valence-corrected chi connectivity index (χ4v) is 1.13. The summed E-state index contributed by atoms with van der Waals surface area (Å²) in [5.74, 6) is -0.439. The van der Waals surface area contributed by atoms with E-state index in [0.717, 1.165) is 12.1 Å². The van der Waals surface area contributed by atoms with Crippen molar-refractivity contribution < 1.29 is 18.3 Å². The van der Waals surface area contributed by atoms with Gasteiger partial charge in [-0.05, 0) is 17.7 Å². The van der Waals surface area contributed by atoms with Gasteiger partial charge < -0.3 is 10.8 Å². The van der Waals surface area contributed by atoms with E-state index in [1.807, 2.05) is 0 Å². The lowest BCUT2D eigenvalue weighted by Gasteiger charge is -2.08. The van der Waals surface area contributed by atoms with Crippen molar-refractivity contribution >= 4 is 17.3 Å². The molecule has 0 radical (unpaired) electrons. The van der Waals surface area contributed by atoms with Crippen molar-refractivity contribution in [3.63, 3.8) is 0 Å². The molecule has 1 aromatic carbocycles. The smallest absolute Gasteiger partial charge is 0.393 e. The van der Waals surface area contributed by atoms with Crippen LogP contribution < -0.4 is 5.73 Å². The van der Waals surface area contributed by atoms with Crippen molar-refractivity contribution in [1.29, 1.82) is 0 Å². The summed E-state index contributed by atoms with van der Waals surface area (Å²) in [5.41, 5.74) is 5.10. The second-order valence-corrected chi connectivity index (χ2v) is 3.19. The summed E-state index contributed by atoms with van der Waals surface area (Å²) < 4.78 is 35.8. The van der Waals surface area contributed by atoms with Crippen LogP contribution in [0.4, 0.5) is 18.9 Å². The molecule has 0 spiro atoms. The number of hydrogen-bond donors (Lipinski definition) is 2. The van der Waals surface area contributed by atoms with Gasteiger partial charge in [0.2, 0.25) is 0 Å². The van der Waals surface area contributed by atoms with E-state index in [4.69, 9.17) is 22.4 Å². The number of benzene rings is 1. The van der Waals surface area contributed by atoms with Crippen molar-refractivity contribution in [2.75, 3.05) is 5.73 Å². The zero-order valence-electron chi connectivity index (χ0n) is 6.90. The minimum atomic E-state index is -4.33. The Morgan fingerprint density at radius 2 is 1.93 bits per heavy atom. The summed E-state index contributed by atoms with van der Waals surface area (Å²) >= 11 is 5.46. The van der Waals surface area contributed by atoms with Crippen LogP contribution in [0.25, 0.3) is 0 Å². The van der Waals surface area contributed by atoms with Crippen LogP contribution >= 0.6 is 11.6 Å². The molecule has 0 heterocycles. The second-order valence-electron chi connectivity index (χ2n) is 2.81. The molecule has 0 aliphatic rings. The van der Waals surface area contributed by atoms with Gasteiger partial charge in [-0.1, -0.05) is 11.6 Å². The number of alkyl halides is 3. The van der Waals surface area contributed by atoms with Gasteiger partial charge in [0.25, 0.3) is 0 Å². The highest BCUT2D eigenvalue weighted by molar-refractivity contribution is 6.34. The van der Waals surface area contributed by atoms with Gasteiger partial charge in [0, 0.05) is 0 Å². The second kappa shape index (κ2) is 3.57. The molecule has 0 atom stereocenters. The van der Waals surface area contributed by atoms with Crippen LogP contribution in [0.15, 0.2) is 12.1 Å². The first-order valence-corrected chi connectivity index (χ1v) is 4.01.